The highest BCUT2D eigenvalue weighted by atomic mass is 32.2. The number of nitrogens with one attached hydrogen (secondary N) is 3. The van der Waals surface area contributed by atoms with E-state index in [1.54, 1.807) is 21.0 Å². The van der Waals surface area contributed by atoms with Crippen molar-refractivity contribution in [1.82, 2.24) is 20.5 Å². The normalized spacial score (nSPS) is 12.5. The van der Waals surface area contributed by atoms with E-state index in [2.05, 4.69) is 16.2 Å². The van der Waals surface area contributed by atoms with E-state index in [-0.39, 0.29) is 29.1 Å². The Morgan fingerprint density at radius 2 is 1.93 bits per heavy atom. The van der Waals surface area contributed by atoms with Crippen molar-refractivity contribution in [2.45, 2.75) is 31.7 Å². The van der Waals surface area contributed by atoms with Gasteiger partial charge in [0.05, 0.1) is 17.1 Å². The molecular formula is C16H25FN4O4S2. The number of hydrogen-bond acceptors (Lipinski definition) is 5. The average Bonchev–Trinajstić information content (AvgIpc) is 2.60. The van der Waals surface area contributed by atoms with Crippen molar-refractivity contribution in [3.05, 3.63) is 29.6 Å². The third kappa shape index (κ3) is 6.38. The molecule has 1 rings (SSSR count). The fourth-order valence-corrected chi connectivity index (χ4v) is 4.02. The summed E-state index contributed by atoms with van der Waals surface area (Å²) < 4.78 is 45.3. The Bertz CT molecular complexity index is 770. The van der Waals surface area contributed by atoms with Gasteiger partial charge in [0.1, 0.15) is 5.82 Å². The van der Waals surface area contributed by atoms with E-state index in [4.69, 9.17) is 17.0 Å². The van der Waals surface area contributed by atoms with Crippen LogP contribution in [0, 0.1) is 5.82 Å². The first-order valence-corrected chi connectivity index (χ1v) is 10.2. The van der Waals surface area contributed by atoms with Gasteiger partial charge in [0, 0.05) is 26.2 Å². The van der Waals surface area contributed by atoms with E-state index in [1.165, 1.54) is 4.31 Å². The highest BCUT2D eigenvalue weighted by molar-refractivity contribution is 7.89. The van der Waals surface area contributed by atoms with Crippen LogP contribution in [0.2, 0.25) is 0 Å². The van der Waals surface area contributed by atoms with E-state index in [9.17, 15) is 17.6 Å². The van der Waals surface area contributed by atoms with Crippen LogP contribution < -0.4 is 16.2 Å². The third-order valence-corrected chi connectivity index (χ3v) is 5.88. The Morgan fingerprint density at radius 3 is 2.48 bits per heavy atom. The first kappa shape index (κ1) is 23.2. The maximum absolute atomic E-state index is 14.0. The summed E-state index contributed by atoms with van der Waals surface area (Å²) in [6.07, 6.45) is 0. The summed E-state index contributed by atoms with van der Waals surface area (Å²) in [4.78, 5) is 12.1. The minimum Gasteiger partial charge on any atom is -0.383 e. The zero-order valence-electron chi connectivity index (χ0n) is 15.7. The van der Waals surface area contributed by atoms with E-state index < -0.39 is 27.3 Å². The van der Waals surface area contributed by atoms with Gasteiger partial charge in [-0.1, -0.05) is 13.8 Å². The number of carbonyl (C=O) groups excluding carboxylic acids is 1. The topological polar surface area (TPSA) is 99.8 Å². The van der Waals surface area contributed by atoms with Gasteiger partial charge in [-0.2, -0.15) is 4.31 Å². The molecule has 0 aliphatic rings. The first-order valence-electron chi connectivity index (χ1n) is 8.32. The predicted molar refractivity (Wildman–Crippen MR) is 104 cm³/mol. The summed E-state index contributed by atoms with van der Waals surface area (Å²) in [6, 6.07) is 2.98. The molecule has 0 bridgehead atoms. The van der Waals surface area contributed by atoms with Crippen molar-refractivity contribution in [3.63, 3.8) is 0 Å². The maximum Gasteiger partial charge on any atom is 0.272 e. The van der Waals surface area contributed by atoms with Crippen molar-refractivity contribution < 1.29 is 22.3 Å². The molecule has 11 heteroatoms. The van der Waals surface area contributed by atoms with Crippen molar-refractivity contribution in [3.8, 4) is 0 Å². The van der Waals surface area contributed by atoms with Gasteiger partial charge < -0.3 is 10.1 Å². The number of benzene rings is 1. The van der Waals surface area contributed by atoms with E-state index in [0.29, 0.717) is 6.61 Å². The highest BCUT2D eigenvalue weighted by Gasteiger charge is 2.24. The molecule has 0 unspecified atom stereocenters. The molecule has 0 aliphatic carbocycles. The van der Waals surface area contributed by atoms with Gasteiger partial charge >= 0.3 is 0 Å². The zero-order chi connectivity index (χ0) is 20.6. The smallest absolute Gasteiger partial charge is 0.272 e. The molecule has 3 N–H and O–H groups in total. The Morgan fingerprint density at radius 1 is 1.30 bits per heavy atom. The lowest BCUT2D eigenvalue weighted by molar-refractivity contribution is 0.0939. The number of rotatable bonds is 8. The lowest BCUT2D eigenvalue weighted by atomic mass is 10.2. The Balaban J connectivity index is 2.91. The maximum atomic E-state index is 14.0. The number of thiocarbonyl (C=S) groups is 1. The third-order valence-electron chi connectivity index (χ3n) is 3.61. The number of halogens is 1. The highest BCUT2D eigenvalue weighted by Crippen LogP contribution is 2.19. The largest absolute Gasteiger partial charge is 0.383 e. The van der Waals surface area contributed by atoms with Crippen LogP contribution >= 0.6 is 12.2 Å². The van der Waals surface area contributed by atoms with Crippen LogP contribution in [-0.2, 0) is 14.8 Å². The van der Waals surface area contributed by atoms with Gasteiger partial charge in [-0.3, -0.25) is 15.6 Å². The van der Waals surface area contributed by atoms with Crippen LogP contribution in [0.25, 0.3) is 0 Å². The minimum atomic E-state index is -3.81. The standard InChI is InChI=1S/C16H25FN4O4S2/c1-5-21(6-2)27(23,24)12-7-8-14(17)13(9-12)15(22)19-20-16(26)18-11(3)10-25-4/h7-9,11H,5-6,10H2,1-4H3,(H,19,22)(H2,18,20,26)/t11-/m1/s1. The molecule has 0 aliphatic heterocycles. The van der Waals surface area contributed by atoms with E-state index in [1.807, 2.05) is 6.92 Å². The van der Waals surface area contributed by atoms with Gasteiger partial charge in [-0.05, 0) is 37.3 Å². The van der Waals surface area contributed by atoms with Crippen LogP contribution in [-0.4, -0.2) is 56.6 Å². The van der Waals surface area contributed by atoms with Crippen LogP contribution in [0.15, 0.2) is 23.1 Å². The molecule has 8 nitrogen and oxygen atoms in total. The van der Waals surface area contributed by atoms with E-state index in [0.717, 1.165) is 18.2 Å². The second-order valence-corrected chi connectivity index (χ2v) is 7.99. The lowest BCUT2D eigenvalue weighted by Crippen LogP contribution is -2.50. The van der Waals surface area contributed by atoms with Crippen molar-refractivity contribution >= 4 is 33.3 Å². The molecule has 1 amide bonds. The zero-order valence-corrected chi connectivity index (χ0v) is 17.3. The molecule has 1 aromatic rings. The number of hydrazine groups is 1. The number of hydrogen-bond donors (Lipinski definition) is 3. The molecule has 0 saturated heterocycles. The van der Waals surface area contributed by atoms with Crippen LogP contribution in [0.4, 0.5) is 4.39 Å². The Hall–Kier alpha value is -1.82. The lowest BCUT2D eigenvalue weighted by Gasteiger charge is -2.19. The number of amides is 1. The van der Waals surface area contributed by atoms with Crippen molar-refractivity contribution in [2.75, 3.05) is 26.8 Å². The summed E-state index contributed by atoms with van der Waals surface area (Å²) in [5.41, 5.74) is 4.27. The fraction of sp³-hybridized carbons (Fsp3) is 0.500. The average molecular weight is 421 g/mol. The number of nitrogens with zero attached hydrogens (tertiary/aromatic N) is 1. The SMILES string of the molecule is CCN(CC)S(=O)(=O)c1ccc(F)c(C(=O)NNC(=S)N[C@H](C)COC)c1. The van der Waals surface area contributed by atoms with Crippen molar-refractivity contribution in [1.29, 1.82) is 0 Å². The fourth-order valence-electron chi connectivity index (χ4n) is 2.28. The molecule has 0 aromatic heterocycles. The van der Waals surface area contributed by atoms with Gasteiger partial charge in [-0.25, -0.2) is 12.8 Å². The summed E-state index contributed by atoms with van der Waals surface area (Å²) in [5.74, 6) is -1.70. The number of ether oxygens (including phenoxy) is 1. The molecule has 0 heterocycles. The van der Waals surface area contributed by atoms with Gasteiger partial charge in [0.2, 0.25) is 10.0 Å². The summed E-state index contributed by atoms with van der Waals surface area (Å²) in [6.45, 7) is 6.13. The van der Waals surface area contributed by atoms with Crippen LogP contribution in [0.5, 0.6) is 0 Å². The van der Waals surface area contributed by atoms with Crippen LogP contribution in [0.3, 0.4) is 0 Å². The Kier molecular flexibility index (Phi) is 9.03. The molecule has 0 saturated carbocycles. The second kappa shape index (κ2) is 10.5. The summed E-state index contributed by atoms with van der Waals surface area (Å²) >= 11 is 5.01. The second-order valence-electron chi connectivity index (χ2n) is 5.64. The first-order chi connectivity index (χ1) is 12.7. The Labute approximate surface area is 164 Å². The molecule has 0 spiro atoms. The van der Waals surface area contributed by atoms with Crippen LogP contribution in [0.1, 0.15) is 31.1 Å². The predicted octanol–water partition coefficient (Wildman–Crippen LogP) is 1.00. The number of carbonyl (C=O) groups is 1. The van der Waals surface area contributed by atoms with Crippen molar-refractivity contribution in [2.24, 2.45) is 0 Å². The molecule has 27 heavy (non-hydrogen) atoms. The molecule has 1 atom stereocenters. The number of sulfonamides is 1. The molecule has 152 valence electrons. The molecular weight excluding hydrogens is 395 g/mol. The minimum absolute atomic E-state index is 0.105. The van der Waals surface area contributed by atoms with Gasteiger partial charge in [0.25, 0.3) is 5.91 Å². The van der Waals surface area contributed by atoms with Gasteiger partial charge in [-0.15, -0.1) is 0 Å². The monoisotopic (exact) mass is 420 g/mol. The number of methoxy groups -OCH3 is 1. The summed E-state index contributed by atoms with van der Waals surface area (Å²) in [5, 5.41) is 2.96. The van der Waals surface area contributed by atoms with Gasteiger partial charge in [0.15, 0.2) is 5.11 Å². The summed E-state index contributed by atoms with van der Waals surface area (Å²) in [7, 11) is -2.27. The quantitative estimate of drug-likeness (QED) is 0.426. The molecule has 0 radical (unpaired) electrons. The van der Waals surface area contributed by atoms with E-state index >= 15 is 0 Å². The molecule has 0 fully saturated rings. The molecule has 1 aromatic carbocycles.